The lowest BCUT2D eigenvalue weighted by Gasteiger charge is -2.42. The molecule has 0 aromatic carbocycles. The van der Waals surface area contributed by atoms with Gasteiger partial charge in [-0.25, -0.2) is 0 Å². The Bertz CT molecular complexity index is 262. The Kier molecular flexibility index (Phi) is 6.52. The first kappa shape index (κ1) is 17.2. The molecule has 0 aromatic rings. The van der Waals surface area contributed by atoms with E-state index < -0.39 is 21.4 Å². The molecule has 0 atom stereocenters. The van der Waals surface area contributed by atoms with Crippen molar-refractivity contribution in [1.29, 1.82) is 0 Å². The molecule has 0 bridgehead atoms. The van der Waals surface area contributed by atoms with Crippen LogP contribution in [0.1, 0.15) is 26.7 Å². The predicted octanol–water partition coefficient (Wildman–Crippen LogP) is 1.60. The standard InChI is InChI=1S/C9H23O6PSi/c1-6-9(7-2,8-16(10,11)12)17(13-3,14-4)15-5/h6-8H2,1-5H3,(H2,10,11,12). The normalized spacial score (nSPS) is 14.1. The Morgan fingerprint density at radius 1 is 1.06 bits per heavy atom. The van der Waals surface area contributed by atoms with Crippen molar-refractivity contribution in [2.24, 2.45) is 0 Å². The van der Waals surface area contributed by atoms with E-state index >= 15 is 0 Å². The minimum Gasteiger partial charge on any atom is -0.376 e. The Morgan fingerprint density at radius 2 is 1.41 bits per heavy atom. The molecule has 0 aliphatic carbocycles. The summed E-state index contributed by atoms with van der Waals surface area (Å²) in [6, 6.07) is 0. The van der Waals surface area contributed by atoms with Gasteiger partial charge in [-0.05, 0) is 12.8 Å². The molecule has 0 saturated heterocycles. The van der Waals surface area contributed by atoms with E-state index in [1.54, 1.807) is 0 Å². The minimum absolute atomic E-state index is 0.283. The first-order valence-corrected chi connectivity index (χ1v) is 8.98. The Morgan fingerprint density at radius 3 is 1.59 bits per heavy atom. The maximum Gasteiger partial charge on any atom is 0.507 e. The van der Waals surface area contributed by atoms with Crippen LogP contribution in [0.5, 0.6) is 0 Å². The molecule has 0 fully saturated rings. The van der Waals surface area contributed by atoms with Crippen LogP contribution < -0.4 is 0 Å². The van der Waals surface area contributed by atoms with Crippen LogP contribution in [0.3, 0.4) is 0 Å². The summed E-state index contributed by atoms with van der Waals surface area (Å²) in [5.41, 5.74) is 0. The van der Waals surface area contributed by atoms with E-state index in [1.807, 2.05) is 13.8 Å². The molecule has 2 N–H and O–H groups in total. The van der Waals surface area contributed by atoms with Crippen molar-refractivity contribution in [1.82, 2.24) is 0 Å². The van der Waals surface area contributed by atoms with Crippen molar-refractivity contribution in [2.75, 3.05) is 27.5 Å². The summed E-state index contributed by atoms with van der Waals surface area (Å²) in [5.74, 6) is 0. The highest BCUT2D eigenvalue weighted by molar-refractivity contribution is 7.52. The van der Waals surface area contributed by atoms with E-state index in [-0.39, 0.29) is 6.16 Å². The van der Waals surface area contributed by atoms with Gasteiger partial charge >= 0.3 is 16.4 Å². The molecule has 17 heavy (non-hydrogen) atoms. The largest absolute Gasteiger partial charge is 0.507 e. The average Bonchev–Trinajstić information content (AvgIpc) is 2.28. The van der Waals surface area contributed by atoms with E-state index in [9.17, 15) is 14.4 Å². The molecule has 6 nitrogen and oxygen atoms in total. The quantitative estimate of drug-likeness (QED) is 0.521. The molecular weight excluding hydrogens is 263 g/mol. The second-order valence-corrected chi connectivity index (χ2v) is 9.02. The zero-order valence-electron chi connectivity index (χ0n) is 11.1. The highest BCUT2D eigenvalue weighted by Gasteiger charge is 2.59. The Hall–Kier alpha value is 0.247. The van der Waals surface area contributed by atoms with Crippen molar-refractivity contribution >= 4 is 16.4 Å². The van der Waals surface area contributed by atoms with Crippen molar-refractivity contribution in [3.63, 3.8) is 0 Å². The molecule has 0 radical (unpaired) electrons. The topological polar surface area (TPSA) is 85.2 Å². The third-order valence-electron chi connectivity index (χ3n) is 3.32. The molecule has 0 unspecified atom stereocenters. The molecule has 8 heteroatoms. The first-order valence-electron chi connectivity index (χ1n) is 5.46. The van der Waals surface area contributed by atoms with Gasteiger partial charge in [-0.1, -0.05) is 13.8 Å². The molecule has 0 heterocycles. The van der Waals surface area contributed by atoms with Crippen molar-refractivity contribution < 1.29 is 27.6 Å². The molecule has 0 amide bonds. The van der Waals surface area contributed by atoms with E-state index in [0.29, 0.717) is 12.8 Å². The molecule has 0 aliphatic rings. The molecule has 0 saturated carbocycles. The first-order chi connectivity index (χ1) is 7.76. The highest BCUT2D eigenvalue weighted by Crippen LogP contribution is 2.55. The van der Waals surface area contributed by atoms with Crippen LogP contribution in [0.15, 0.2) is 0 Å². The number of rotatable bonds is 8. The van der Waals surface area contributed by atoms with Gasteiger partial charge in [0, 0.05) is 21.3 Å². The van der Waals surface area contributed by atoms with E-state index in [1.165, 1.54) is 21.3 Å². The zero-order chi connectivity index (χ0) is 13.7. The second-order valence-electron chi connectivity index (χ2n) is 3.98. The maximum absolute atomic E-state index is 11.3. The summed E-state index contributed by atoms with van der Waals surface area (Å²) in [6.45, 7) is 3.72. The third-order valence-corrected chi connectivity index (χ3v) is 8.43. The molecule has 104 valence electrons. The smallest absolute Gasteiger partial charge is 0.376 e. The highest BCUT2D eigenvalue weighted by atomic mass is 31.2. The van der Waals surface area contributed by atoms with Crippen LogP contribution in [-0.4, -0.2) is 46.1 Å². The summed E-state index contributed by atoms with van der Waals surface area (Å²) in [7, 11) is -2.89. The van der Waals surface area contributed by atoms with Gasteiger partial charge in [-0.15, -0.1) is 0 Å². The van der Waals surface area contributed by atoms with Crippen LogP contribution in [0.2, 0.25) is 5.04 Å². The maximum atomic E-state index is 11.3. The van der Waals surface area contributed by atoms with Gasteiger partial charge in [-0.3, -0.25) is 4.57 Å². The van der Waals surface area contributed by atoms with Crippen LogP contribution in [-0.2, 0) is 17.8 Å². The Balaban J connectivity index is 5.50. The Labute approximate surface area is 104 Å². The SMILES string of the molecule is CCC(CC)(CP(=O)(O)O)[Si](OC)(OC)OC. The summed E-state index contributed by atoms with van der Waals surface area (Å²) in [5, 5.41) is -0.760. The van der Waals surface area contributed by atoms with Gasteiger partial charge in [0.15, 0.2) is 0 Å². The van der Waals surface area contributed by atoms with E-state index in [4.69, 9.17) is 13.3 Å². The van der Waals surface area contributed by atoms with Gasteiger partial charge in [0.25, 0.3) is 0 Å². The summed E-state index contributed by atoms with van der Waals surface area (Å²) in [4.78, 5) is 18.5. The number of hydrogen-bond acceptors (Lipinski definition) is 4. The van der Waals surface area contributed by atoms with Gasteiger partial charge in [0.05, 0.1) is 11.2 Å². The predicted molar refractivity (Wildman–Crippen MR) is 67.0 cm³/mol. The van der Waals surface area contributed by atoms with Crippen molar-refractivity contribution in [2.45, 2.75) is 31.7 Å². The lowest BCUT2D eigenvalue weighted by atomic mass is 10.1. The summed E-state index contributed by atoms with van der Waals surface area (Å²) < 4.78 is 27.5. The van der Waals surface area contributed by atoms with Crippen molar-refractivity contribution in [3.05, 3.63) is 0 Å². The van der Waals surface area contributed by atoms with Gasteiger partial charge in [-0.2, -0.15) is 0 Å². The average molecular weight is 286 g/mol. The summed E-state index contributed by atoms with van der Waals surface area (Å²) >= 11 is 0. The fourth-order valence-corrected chi connectivity index (χ4v) is 7.59. The fraction of sp³-hybridized carbons (Fsp3) is 1.00. The van der Waals surface area contributed by atoms with E-state index in [2.05, 4.69) is 0 Å². The molecule has 0 aromatic heterocycles. The lowest BCUT2D eigenvalue weighted by molar-refractivity contribution is 0.0885. The van der Waals surface area contributed by atoms with Crippen LogP contribution in [0, 0.1) is 0 Å². The van der Waals surface area contributed by atoms with Crippen LogP contribution in [0.25, 0.3) is 0 Å². The van der Waals surface area contributed by atoms with Crippen LogP contribution in [0.4, 0.5) is 0 Å². The van der Waals surface area contributed by atoms with E-state index in [0.717, 1.165) is 0 Å². The van der Waals surface area contributed by atoms with Crippen LogP contribution >= 0.6 is 7.60 Å². The lowest BCUT2D eigenvalue weighted by Crippen LogP contribution is -2.55. The fourth-order valence-electron chi connectivity index (χ4n) is 2.30. The summed E-state index contributed by atoms with van der Waals surface area (Å²) in [6.07, 6.45) is 0.765. The molecular formula is C9H23O6PSi. The van der Waals surface area contributed by atoms with Gasteiger partial charge < -0.3 is 23.1 Å². The van der Waals surface area contributed by atoms with Gasteiger partial charge in [0.2, 0.25) is 0 Å². The molecule has 0 rings (SSSR count). The van der Waals surface area contributed by atoms with Gasteiger partial charge in [0.1, 0.15) is 0 Å². The minimum atomic E-state index is -4.16. The number of hydrogen-bond donors (Lipinski definition) is 2. The second kappa shape index (κ2) is 6.42. The molecule has 0 aliphatic heterocycles. The monoisotopic (exact) mass is 286 g/mol. The zero-order valence-corrected chi connectivity index (χ0v) is 13.0. The molecule has 0 spiro atoms. The van der Waals surface area contributed by atoms with Crippen molar-refractivity contribution in [3.8, 4) is 0 Å². The third kappa shape index (κ3) is 3.60.